The van der Waals surface area contributed by atoms with E-state index in [9.17, 15) is 18.0 Å². The minimum absolute atomic E-state index is 0.0232. The van der Waals surface area contributed by atoms with Crippen LogP contribution in [0.4, 0.5) is 0 Å². The Labute approximate surface area is 156 Å². The Balaban J connectivity index is 1.74. The molecule has 1 N–H and O–H groups in total. The van der Waals surface area contributed by atoms with Gasteiger partial charge in [-0.05, 0) is 24.3 Å². The van der Waals surface area contributed by atoms with Crippen LogP contribution in [0.2, 0.25) is 0 Å². The fourth-order valence-electron chi connectivity index (χ4n) is 2.59. The quantitative estimate of drug-likeness (QED) is 0.518. The number of nitrogens with zero attached hydrogens (tertiary/aromatic N) is 1. The van der Waals surface area contributed by atoms with E-state index in [2.05, 4.69) is 4.98 Å². The van der Waals surface area contributed by atoms with Crippen molar-refractivity contribution in [3.63, 3.8) is 0 Å². The third kappa shape index (κ3) is 3.76. The molecule has 0 spiro atoms. The van der Waals surface area contributed by atoms with E-state index in [4.69, 9.17) is 4.74 Å². The maximum absolute atomic E-state index is 12.4. The summed E-state index contributed by atoms with van der Waals surface area (Å²) in [5, 5.41) is 0.748. The van der Waals surface area contributed by atoms with Gasteiger partial charge in [0.1, 0.15) is 0 Å². The average Bonchev–Trinajstić information content (AvgIpc) is 3.10. The third-order valence-corrected chi connectivity index (χ3v) is 5.88. The highest BCUT2D eigenvalue weighted by Gasteiger charge is 2.20. The summed E-state index contributed by atoms with van der Waals surface area (Å²) in [6.45, 7) is -0.439. The third-order valence-electron chi connectivity index (χ3n) is 4.07. The number of nitrogens with one attached hydrogen (secondary N) is 1. The van der Waals surface area contributed by atoms with Crippen LogP contribution in [0.1, 0.15) is 20.7 Å². The van der Waals surface area contributed by atoms with Crippen molar-refractivity contribution in [1.29, 1.82) is 0 Å². The highest BCUT2D eigenvalue weighted by Crippen LogP contribution is 2.19. The van der Waals surface area contributed by atoms with E-state index in [1.165, 1.54) is 38.4 Å². The first-order valence-electron chi connectivity index (χ1n) is 8.10. The molecule has 3 rings (SSSR count). The number of ketones is 1. The molecule has 1 aromatic heterocycles. The van der Waals surface area contributed by atoms with E-state index < -0.39 is 22.6 Å². The molecule has 0 bridgehead atoms. The lowest BCUT2D eigenvalue weighted by atomic mass is 10.1. The van der Waals surface area contributed by atoms with Crippen LogP contribution in [0.25, 0.3) is 10.9 Å². The zero-order valence-corrected chi connectivity index (χ0v) is 15.6. The number of rotatable bonds is 6. The molecule has 2 aromatic carbocycles. The standard InChI is InChI=1S/C19H18N2O5S/c1-21(2)27(24,25)14-7-5-6-13(10-14)19(23)26-12-18(22)16-11-20-17-9-4-3-8-15(16)17/h3-11,20H,12H2,1-2H3. The molecule has 1 heterocycles. The number of ether oxygens (including phenoxy) is 1. The maximum Gasteiger partial charge on any atom is 0.338 e. The molecular formula is C19H18N2O5S. The van der Waals surface area contributed by atoms with Crippen molar-refractivity contribution >= 4 is 32.7 Å². The highest BCUT2D eigenvalue weighted by molar-refractivity contribution is 7.89. The molecule has 140 valence electrons. The lowest BCUT2D eigenvalue weighted by molar-refractivity contribution is 0.0475. The van der Waals surface area contributed by atoms with E-state index >= 15 is 0 Å². The molecule has 0 aliphatic rings. The van der Waals surface area contributed by atoms with E-state index in [1.807, 2.05) is 18.2 Å². The summed E-state index contributed by atoms with van der Waals surface area (Å²) in [7, 11) is -0.864. The summed E-state index contributed by atoms with van der Waals surface area (Å²) in [4.78, 5) is 27.6. The highest BCUT2D eigenvalue weighted by atomic mass is 32.2. The lowest BCUT2D eigenvalue weighted by Crippen LogP contribution is -2.22. The largest absolute Gasteiger partial charge is 0.454 e. The van der Waals surface area contributed by atoms with Gasteiger partial charge < -0.3 is 9.72 Å². The zero-order chi connectivity index (χ0) is 19.6. The Morgan fingerprint density at radius 3 is 2.56 bits per heavy atom. The first kappa shape index (κ1) is 18.8. The van der Waals surface area contributed by atoms with Gasteiger partial charge in [0.25, 0.3) is 0 Å². The Hall–Kier alpha value is -2.97. The first-order chi connectivity index (χ1) is 12.8. The average molecular weight is 386 g/mol. The predicted octanol–water partition coefficient (Wildman–Crippen LogP) is 2.46. The van der Waals surface area contributed by atoms with Gasteiger partial charge in [-0.1, -0.05) is 24.3 Å². The minimum atomic E-state index is -3.67. The van der Waals surface area contributed by atoms with Gasteiger partial charge in [0.15, 0.2) is 6.61 Å². The molecule has 8 heteroatoms. The summed E-state index contributed by atoms with van der Waals surface area (Å²) >= 11 is 0. The monoisotopic (exact) mass is 386 g/mol. The SMILES string of the molecule is CN(C)S(=O)(=O)c1cccc(C(=O)OCC(=O)c2c[nH]c3ccccc23)c1. The zero-order valence-electron chi connectivity index (χ0n) is 14.8. The lowest BCUT2D eigenvalue weighted by Gasteiger charge is -2.12. The summed E-state index contributed by atoms with van der Waals surface area (Å²) in [6.07, 6.45) is 1.57. The number of Topliss-reactive ketones (excluding diaryl/α,β-unsaturated/α-hetero) is 1. The van der Waals surface area contributed by atoms with Crippen LogP contribution in [0.15, 0.2) is 59.6 Å². The Bertz CT molecular complexity index is 1120. The number of sulfonamides is 1. The van der Waals surface area contributed by atoms with E-state index in [-0.39, 0.29) is 16.2 Å². The maximum atomic E-state index is 12.4. The number of aromatic nitrogens is 1. The second kappa shape index (κ2) is 7.34. The molecule has 0 fully saturated rings. The molecule has 7 nitrogen and oxygen atoms in total. The van der Waals surface area contributed by atoms with Crippen LogP contribution >= 0.6 is 0 Å². The van der Waals surface area contributed by atoms with Gasteiger partial charge in [-0.3, -0.25) is 4.79 Å². The predicted molar refractivity (Wildman–Crippen MR) is 100 cm³/mol. The molecule has 0 amide bonds. The van der Waals surface area contributed by atoms with Gasteiger partial charge in [-0.25, -0.2) is 17.5 Å². The van der Waals surface area contributed by atoms with Crippen LogP contribution in [-0.4, -0.2) is 50.2 Å². The van der Waals surface area contributed by atoms with Crippen molar-refractivity contribution < 1.29 is 22.7 Å². The second-order valence-corrected chi connectivity index (χ2v) is 8.21. The summed E-state index contributed by atoms with van der Waals surface area (Å²) < 4.78 is 30.5. The normalized spacial score (nSPS) is 11.7. The second-order valence-electron chi connectivity index (χ2n) is 6.06. The van der Waals surface area contributed by atoms with Crippen molar-refractivity contribution in [2.75, 3.05) is 20.7 Å². The summed E-state index contributed by atoms with van der Waals surface area (Å²) in [5.41, 5.74) is 1.31. The van der Waals surface area contributed by atoms with Crippen LogP contribution in [0.3, 0.4) is 0 Å². The van der Waals surface area contributed by atoms with Crippen LogP contribution in [0.5, 0.6) is 0 Å². The van der Waals surface area contributed by atoms with E-state index in [0.29, 0.717) is 5.56 Å². The number of para-hydroxylation sites is 1. The Morgan fingerprint density at radius 2 is 1.81 bits per heavy atom. The fraction of sp³-hybridized carbons (Fsp3) is 0.158. The number of carbonyl (C=O) groups excluding carboxylic acids is 2. The molecule has 27 heavy (non-hydrogen) atoms. The van der Waals surface area contributed by atoms with Crippen LogP contribution in [-0.2, 0) is 14.8 Å². The summed E-state index contributed by atoms with van der Waals surface area (Å²) in [6, 6.07) is 12.8. The van der Waals surface area contributed by atoms with Crippen molar-refractivity contribution in [2.24, 2.45) is 0 Å². The molecule has 0 aliphatic carbocycles. The van der Waals surface area contributed by atoms with Gasteiger partial charge in [0, 0.05) is 36.8 Å². The number of benzene rings is 2. The number of fused-ring (bicyclic) bond motifs is 1. The molecule has 0 saturated carbocycles. The van der Waals surface area contributed by atoms with Crippen molar-refractivity contribution in [3.8, 4) is 0 Å². The number of aromatic amines is 1. The van der Waals surface area contributed by atoms with Crippen molar-refractivity contribution in [2.45, 2.75) is 4.90 Å². The van der Waals surface area contributed by atoms with Gasteiger partial charge in [-0.15, -0.1) is 0 Å². The topological polar surface area (TPSA) is 96.5 Å². The molecule has 0 aliphatic heterocycles. The van der Waals surface area contributed by atoms with Gasteiger partial charge >= 0.3 is 5.97 Å². The molecule has 3 aromatic rings. The smallest absolute Gasteiger partial charge is 0.338 e. The number of carbonyl (C=O) groups is 2. The van der Waals surface area contributed by atoms with Gasteiger partial charge in [0.2, 0.25) is 15.8 Å². The number of esters is 1. The molecule has 0 atom stereocenters. The van der Waals surface area contributed by atoms with Gasteiger partial charge in [-0.2, -0.15) is 0 Å². The van der Waals surface area contributed by atoms with E-state index in [1.54, 1.807) is 12.3 Å². The minimum Gasteiger partial charge on any atom is -0.454 e. The number of hydrogen-bond acceptors (Lipinski definition) is 5. The molecule has 0 unspecified atom stereocenters. The fourth-order valence-corrected chi connectivity index (χ4v) is 3.54. The van der Waals surface area contributed by atoms with Crippen LogP contribution < -0.4 is 0 Å². The van der Waals surface area contributed by atoms with Crippen molar-refractivity contribution in [1.82, 2.24) is 9.29 Å². The van der Waals surface area contributed by atoms with Crippen molar-refractivity contribution in [3.05, 3.63) is 65.9 Å². The summed E-state index contributed by atoms with van der Waals surface area (Å²) in [5.74, 6) is -1.11. The Morgan fingerprint density at radius 1 is 1.07 bits per heavy atom. The molecular weight excluding hydrogens is 368 g/mol. The van der Waals surface area contributed by atoms with E-state index in [0.717, 1.165) is 15.2 Å². The number of hydrogen-bond donors (Lipinski definition) is 1. The molecule has 0 saturated heterocycles. The first-order valence-corrected chi connectivity index (χ1v) is 9.54. The van der Waals surface area contributed by atoms with Crippen LogP contribution in [0, 0.1) is 0 Å². The number of H-pyrrole nitrogens is 1. The van der Waals surface area contributed by atoms with Gasteiger partial charge in [0.05, 0.1) is 10.5 Å². The molecule has 0 radical (unpaired) electrons. The Kier molecular flexibility index (Phi) is 5.11.